The van der Waals surface area contributed by atoms with E-state index in [0.29, 0.717) is 6.61 Å². The molecule has 1 spiro atoms. The highest BCUT2D eigenvalue weighted by molar-refractivity contribution is 6.21. The monoisotopic (exact) mass is 362 g/mol. The molecular formula is C21H30O5. The van der Waals surface area contributed by atoms with Gasteiger partial charge in [-0.15, -0.1) is 0 Å². The Morgan fingerprint density at radius 2 is 1.73 bits per heavy atom. The predicted molar refractivity (Wildman–Crippen MR) is 97.5 cm³/mol. The van der Waals surface area contributed by atoms with Gasteiger partial charge in [-0.1, -0.05) is 31.8 Å². The largest absolute Gasteiger partial charge is 0.465 e. The van der Waals surface area contributed by atoms with Crippen LogP contribution in [0.1, 0.15) is 64.2 Å². The van der Waals surface area contributed by atoms with Gasteiger partial charge in [-0.2, -0.15) is 0 Å². The van der Waals surface area contributed by atoms with E-state index in [0.717, 1.165) is 51.4 Å². The van der Waals surface area contributed by atoms with Crippen LogP contribution in [0.5, 0.6) is 0 Å². The zero-order valence-electron chi connectivity index (χ0n) is 15.7. The molecule has 3 aliphatic rings. The van der Waals surface area contributed by atoms with Crippen molar-refractivity contribution in [2.24, 2.45) is 5.92 Å². The van der Waals surface area contributed by atoms with Gasteiger partial charge in [0.1, 0.15) is 11.7 Å². The van der Waals surface area contributed by atoms with Gasteiger partial charge >= 0.3 is 5.97 Å². The molecule has 1 saturated heterocycles. The lowest BCUT2D eigenvalue weighted by Gasteiger charge is -2.31. The smallest absolute Gasteiger partial charge is 0.341 e. The first-order valence-electron chi connectivity index (χ1n) is 9.96. The highest BCUT2D eigenvalue weighted by atomic mass is 16.7. The number of ether oxygens (including phenoxy) is 3. The van der Waals surface area contributed by atoms with Gasteiger partial charge in [0.05, 0.1) is 13.7 Å². The van der Waals surface area contributed by atoms with E-state index in [9.17, 15) is 9.59 Å². The van der Waals surface area contributed by atoms with Gasteiger partial charge < -0.3 is 14.2 Å². The number of hydrogen-bond donors (Lipinski definition) is 0. The number of esters is 1. The van der Waals surface area contributed by atoms with Crippen LogP contribution in [0.15, 0.2) is 23.8 Å². The van der Waals surface area contributed by atoms with Crippen LogP contribution < -0.4 is 0 Å². The SMILES string of the molecule is COC(=O)/C(=C\C1CCCCC1)C(=O)/C=C\[C@H]1COC2(CCCCC2)O1. The Hall–Kier alpha value is -1.46. The van der Waals surface area contributed by atoms with Crippen LogP contribution in [0.2, 0.25) is 0 Å². The summed E-state index contributed by atoms with van der Waals surface area (Å²) in [7, 11) is 1.31. The van der Waals surface area contributed by atoms with Crippen molar-refractivity contribution < 1.29 is 23.8 Å². The lowest BCUT2D eigenvalue weighted by molar-refractivity contribution is -0.183. The lowest BCUT2D eigenvalue weighted by Crippen LogP contribution is -2.33. The van der Waals surface area contributed by atoms with Gasteiger partial charge in [-0.3, -0.25) is 4.79 Å². The summed E-state index contributed by atoms with van der Waals surface area (Å²) in [6, 6.07) is 0. The molecule has 0 amide bonds. The number of rotatable bonds is 5. The molecule has 0 unspecified atom stereocenters. The fraction of sp³-hybridized carbons (Fsp3) is 0.714. The molecule has 26 heavy (non-hydrogen) atoms. The second kappa shape index (κ2) is 8.96. The minimum absolute atomic E-state index is 0.141. The zero-order chi connectivity index (χ0) is 18.4. The Balaban J connectivity index is 1.62. The Morgan fingerprint density at radius 1 is 1.04 bits per heavy atom. The van der Waals surface area contributed by atoms with Crippen molar-refractivity contribution in [1.82, 2.24) is 0 Å². The van der Waals surface area contributed by atoms with E-state index in [2.05, 4.69) is 0 Å². The van der Waals surface area contributed by atoms with Crippen molar-refractivity contribution >= 4 is 11.8 Å². The molecule has 3 rings (SSSR count). The molecule has 2 saturated carbocycles. The van der Waals surface area contributed by atoms with Crippen molar-refractivity contribution in [2.45, 2.75) is 76.1 Å². The third-order valence-electron chi connectivity index (χ3n) is 5.68. The van der Waals surface area contributed by atoms with Crippen LogP contribution in [0, 0.1) is 5.92 Å². The fourth-order valence-corrected chi connectivity index (χ4v) is 4.21. The summed E-state index contributed by atoms with van der Waals surface area (Å²) < 4.78 is 16.8. The van der Waals surface area contributed by atoms with E-state index in [1.54, 1.807) is 6.08 Å². The van der Waals surface area contributed by atoms with Crippen LogP contribution in [-0.4, -0.2) is 37.4 Å². The Kier molecular flexibility index (Phi) is 6.65. The lowest BCUT2D eigenvalue weighted by atomic mass is 9.87. The maximum Gasteiger partial charge on any atom is 0.341 e. The molecule has 0 radical (unpaired) electrons. The van der Waals surface area contributed by atoms with E-state index < -0.39 is 11.8 Å². The van der Waals surface area contributed by atoms with Crippen molar-refractivity contribution in [3.05, 3.63) is 23.8 Å². The minimum Gasteiger partial charge on any atom is -0.465 e. The van der Waals surface area contributed by atoms with Crippen LogP contribution in [0.4, 0.5) is 0 Å². The summed E-state index contributed by atoms with van der Waals surface area (Å²) in [6.07, 6.45) is 15.6. The van der Waals surface area contributed by atoms with Gasteiger partial charge in [0.2, 0.25) is 0 Å². The van der Waals surface area contributed by atoms with Gasteiger partial charge in [-0.05, 0) is 43.8 Å². The molecular weight excluding hydrogens is 332 g/mol. The Bertz CT molecular complexity index is 565. The van der Waals surface area contributed by atoms with E-state index in [4.69, 9.17) is 14.2 Å². The van der Waals surface area contributed by atoms with E-state index in [1.165, 1.54) is 26.0 Å². The first-order chi connectivity index (χ1) is 12.6. The third kappa shape index (κ3) is 4.83. The third-order valence-corrected chi connectivity index (χ3v) is 5.68. The maximum absolute atomic E-state index is 12.6. The summed E-state index contributed by atoms with van der Waals surface area (Å²) in [5.41, 5.74) is 0.141. The first-order valence-corrected chi connectivity index (χ1v) is 9.96. The standard InChI is InChI=1S/C21H30O5/c1-24-20(23)18(14-16-8-4-2-5-9-16)19(22)11-10-17-15-25-21(26-17)12-6-3-7-13-21/h10-11,14,16-17H,2-9,12-13,15H2,1H3/b11-10-,18-14-/t17-/m0/s1. The molecule has 5 heteroatoms. The van der Waals surface area contributed by atoms with Crippen molar-refractivity contribution in [2.75, 3.05) is 13.7 Å². The van der Waals surface area contributed by atoms with Crippen LogP contribution in [-0.2, 0) is 23.8 Å². The number of methoxy groups -OCH3 is 1. The fourth-order valence-electron chi connectivity index (χ4n) is 4.21. The van der Waals surface area contributed by atoms with Crippen molar-refractivity contribution in [1.29, 1.82) is 0 Å². The molecule has 1 heterocycles. The summed E-state index contributed by atoms with van der Waals surface area (Å²) in [6.45, 7) is 0.462. The first kappa shape index (κ1) is 19.3. The van der Waals surface area contributed by atoms with E-state index in [-0.39, 0.29) is 23.4 Å². The number of carbonyl (C=O) groups excluding carboxylic acids is 2. The molecule has 3 fully saturated rings. The molecule has 0 aromatic carbocycles. The molecule has 0 N–H and O–H groups in total. The Morgan fingerprint density at radius 3 is 2.42 bits per heavy atom. The number of ketones is 1. The van der Waals surface area contributed by atoms with Gasteiger partial charge in [-0.25, -0.2) is 4.79 Å². The van der Waals surface area contributed by atoms with Crippen LogP contribution >= 0.6 is 0 Å². The van der Waals surface area contributed by atoms with E-state index >= 15 is 0 Å². The van der Waals surface area contributed by atoms with Crippen molar-refractivity contribution in [3.63, 3.8) is 0 Å². The van der Waals surface area contributed by atoms with Gasteiger partial charge in [0.25, 0.3) is 0 Å². The maximum atomic E-state index is 12.6. The number of allylic oxidation sites excluding steroid dienone is 2. The topological polar surface area (TPSA) is 61.8 Å². The number of hydrogen-bond acceptors (Lipinski definition) is 5. The average Bonchev–Trinajstić information content (AvgIpc) is 3.07. The van der Waals surface area contributed by atoms with Gasteiger partial charge in [0.15, 0.2) is 11.6 Å². The zero-order valence-corrected chi connectivity index (χ0v) is 15.7. The molecule has 1 atom stereocenters. The predicted octanol–water partition coefficient (Wildman–Crippen LogP) is 3.87. The quantitative estimate of drug-likeness (QED) is 0.322. The second-order valence-electron chi connectivity index (χ2n) is 7.63. The molecule has 5 nitrogen and oxygen atoms in total. The van der Waals surface area contributed by atoms with Crippen molar-refractivity contribution in [3.8, 4) is 0 Å². The summed E-state index contributed by atoms with van der Waals surface area (Å²) in [4.78, 5) is 24.7. The number of carbonyl (C=O) groups is 2. The molecule has 144 valence electrons. The summed E-state index contributed by atoms with van der Waals surface area (Å²) in [5.74, 6) is -1.04. The highest BCUT2D eigenvalue weighted by Gasteiger charge is 2.41. The second-order valence-corrected chi connectivity index (χ2v) is 7.63. The molecule has 2 aliphatic carbocycles. The minimum atomic E-state index is -0.558. The molecule has 1 aliphatic heterocycles. The van der Waals surface area contributed by atoms with Crippen LogP contribution in [0.3, 0.4) is 0 Å². The highest BCUT2D eigenvalue weighted by Crippen LogP contribution is 2.38. The summed E-state index contributed by atoms with van der Waals surface area (Å²) >= 11 is 0. The Labute approximate surface area is 155 Å². The normalized spacial score (nSPS) is 27.1. The van der Waals surface area contributed by atoms with Gasteiger partial charge in [0, 0.05) is 12.8 Å². The van der Waals surface area contributed by atoms with Crippen LogP contribution in [0.25, 0.3) is 0 Å². The average molecular weight is 362 g/mol. The molecule has 0 aromatic heterocycles. The molecule has 0 aromatic rings. The summed E-state index contributed by atoms with van der Waals surface area (Å²) in [5, 5.41) is 0. The molecule has 0 bridgehead atoms. The van der Waals surface area contributed by atoms with E-state index in [1.807, 2.05) is 6.08 Å².